The monoisotopic (exact) mass is 451 g/mol. The molecule has 1 aliphatic rings. The number of fused-ring (bicyclic) bond motifs is 3. The minimum atomic E-state index is -0.442. The summed E-state index contributed by atoms with van der Waals surface area (Å²) in [7, 11) is 3.52. The minimum Gasteiger partial charge on any atom is -0.497 e. The molecule has 0 fully saturated rings. The van der Waals surface area contributed by atoms with E-state index in [2.05, 4.69) is 15.5 Å². The van der Waals surface area contributed by atoms with Gasteiger partial charge in [0.25, 0.3) is 0 Å². The highest BCUT2D eigenvalue weighted by atomic mass is 35.5. The van der Waals surface area contributed by atoms with Gasteiger partial charge in [-0.3, -0.25) is 14.4 Å². The number of hydrogen-bond donors (Lipinski definition) is 1. The van der Waals surface area contributed by atoms with Crippen LogP contribution in [0.4, 0.5) is 0 Å². The lowest BCUT2D eigenvalue weighted by molar-refractivity contribution is -0.119. The number of Topliss-reactive ketones (excluding diaryl/α,β-unsaturated/α-hetero) is 1. The van der Waals surface area contributed by atoms with Crippen LogP contribution in [0.1, 0.15) is 48.1 Å². The van der Waals surface area contributed by atoms with Gasteiger partial charge in [-0.15, -0.1) is 10.2 Å². The SMILES string of the molecule is CNCCCC(=O)CC1N=C(c2ccc(Cl)cc2)c2cc(OC)ccc2-n2c(C)nnc21. The van der Waals surface area contributed by atoms with Crippen molar-refractivity contribution in [2.45, 2.75) is 32.2 Å². The highest BCUT2D eigenvalue weighted by Gasteiger charge is 2.29. The third kappa shape index (κ3) is 4.45. The number of nitrogens with one attached hydrogen (secondary N) is 1. The first-order valence-electron chi connectivity index (χ1n) is 10.6. The lowest BCUT2D eigenvalue weighted by Crippen LogP contribution is -2.13. The van der Waals surface area contributed by atoms with Gasteiger partial charge in [0.15, 0.2) is 5.82 Å². The molecule has 1 unspecified atom stereocenters. The van der Waals surface area contributed by atoms with Crippen molar-refractivity contribution in [3.63, 3.8) is 0 Å². The van der Waals surface area contributed by atoms with Gasteiger partial charge < -0.3 is 10.1 Å². The van der Waals surface area contributed by atoms with Gasteiger partial charge in [-0.2, -0.15) is 0 Å². The summed E-state index contributed by atoms with van der Waals surface area (Å²) in [6.45, 7) is 2.71. The molecule has 32 heavy (non-hydrogen) atoms. The van der Waals surface area contributed by atoms with Crippen LogP contribution in [0, 0.1) is 6.92 Å². The van der Waals surface area contributed by atoms with Gasteiger partial charge in [0, 0.05) is 29.0 Å². The molecular formula is C24H26ClN5O2. The Balaban J connectivity index is 1.86. The largest absolute Gasteiger partial charge is 0.497 e. The normalized spacial score (nSPS) is 14.9. The van der Waals surface area contributed by atoms with E-state index in [4.69, 9.17) is 21.3 Å². The van der Waals surface area contributed by atoms with Crippen molar-refractivity contribution in [3.8, 4) is 11.4 Å². The van der Waals surface area contributed by atoms with Crippen LogP contribution in [-0.4, -0.2) is 47.0 Å². The van der Waals surface area contributed by atoms with Gasteiger partial charge in [-0.25, -0.2) is 0 Å². The Labute approximate surface area is 192 Å². The molecule has 1 N–H and O–H groups in total. The number of aromatic nitrogens is 3. The molecule has 1 aliphatic heterocycles. The first-order valence-corrected chi connectivity index (χ1v) is 11.0. The van der Waals surface area contributed by atoms with Crippen molar-refractivity contribution >= 4 is 23.1 Å². The molecule has 0 saturated carbocycles. The number of methoxy groups -OCH3 is 1. The Hall–Kier alpha value is -3.03. The Morgan fingerprint density at radius 2 is 1.97 bits per heavy atom. The molecule has 0 saturated heterocycles. The number of aryl methyl sites for hydroxylation is 1. The molecule has 8 heteroatoms. The molecule has 0 aliphatic carbocycles. The highest BCUT2D eigenvalue weighted by Crippen LogP contribution is 2.34. The van der Waals surface area contributed by atoms with E-state index in [1.54, 1.807) is 7.11 Å². The van der Waals surface area contributed by atoms with Crippen molar-refractivity contribution in [2.75, 3.05) is 20.7 Å². The second-order valence-electron chi connectivity index (χ2n) is 7.77. The fourth-order valence-electron chi connectivity index (χ4n) is 3.96. The van der Waals surface area contributed by atoms with E-state index >= 15 is 0 Å². The average Bonchev–Trinajstić information content (AvgIpc) is 3.12. The molecule has 3 aromatic rings. The van der Waals surface area contributed by atoms with E-state index < -0.39 is 6.04 Å². The van der Waals surface area contributed by atoms with Crippen LogP contribution < -0.4 is 10.1 Å². The first kappa shape index (κ1) is 22.2. The molecule has 0 radical (unpaired) electrons. The molecule has 2 heterocycles. The number of hydrogen-bond acceptors (Lipinski definition) is 6. The van der Waals surface area contributed by atoms with E-state index in [0.29, 0.717) is 17.3 Å². The first-order chi connectivity index (χ1) is 15.5. The lowest BCUT2D eigenvalue weighted by atomic mass is 9.99. The summed E-state index contributed by atoms with van der Waals surface area (Å²) < 4.78 is 7.49. The predicted octanol–water partition coefficient (Wildman–Crippen LogP) is 4.09. The van der Waals surface area contributed by atoms with Crippen molar-refractivity contribution in [1.29, 1.82) is 0 Å². The summed E-state index contributed by atoms with van der Waals surface area (Å²) in [5, 5.41) is 12.5. The second-order valence-corrected chi connectivity index (χ2v) is 8.21. The maximum absolute atomic E-state index is 12.8. The maximum atomic E-state index is 12.8. The highest BCUT2D eigenvalue weighted by molar-refractivity contribution is 6.30. The standard InChI is InChI=1S/C24H26ClN5O2/c1-15-28-29-24-21(13-18(31)5-4-12-26-2)27-23(16-6-8-17(25)9-7-16)20-14-19(32-3)10-11-22(20)30(15)24/h6-11,14,21,26H,4-5,12-13H2,1-3H3. The van der Waals surface area contributed by atoms with Gasteiger partial charge in [0.1, 0.15) is 23.4 Å². The third-order valence-electron chi connectivity index (χ3n) is 5.55. The smallest absolute Gasteiger partial charge is 0.162 e. The quantitative estimate of drug-likeness (QED) is 0.522. The molecule has 1 atom stereocenters. The summed E-state index contributed by atoms with van der Waals surface area (Å²) in [6.07, 6.45) is 1.56. The summed E-state index contributed by atoms with van der Waals surface area (Å²) in [4.78, 5) is 17.9. The number of aliphatic imine (C=N–C) groups is 1. The molecule has 2 aromatic carbocycles. The Morgan fingerprint density at radius 1 is 1.19 bits per heavy atom. The van der Waals surface area contributed by atoms with Crippen LogP contribution in [0.25, 0.3) is 5.69 Å². The summed E-state index contributed by atoms with van der Waals surface area (Å²) >= 11 is 6.13. The molecule has 0 bridgehead atoms. The number of halogens is 1. The minimum absolute atomic E-state index is 0.153. The molecule has 0 amide bonds. The Kier molecular flexibility index (Phi) is 6.67. The zero-order valence-electron chi connectivity index (χ0n) is 18.4. The summed E-state index contributed by atoms with van der Waals surface area (Å²) in [5.41, 5.74) is 3.48. The van der Waals surface area contributed by atoms with Gasteiger partial charge in [-0.05, 0) is 57.3 Å². The fourth-order valence-corrected chi connectivity index (χ4v) is 4.08. The molecular weight excluding hydrogens is 426 g/mol. The molecule has 4 rings (SSSR count). The molecule has 166 valence electrons. The number of carbonyl (C=O) groups is 1. The molecule has 0 spiro atoms. The van der Waals surface area contributed by atoms with E-state index in [1.165, 1.54) is 0 Å². The van der Waals surface area contributed by atoms with Crippen molar-refractivity contribution in [1.82, 2.24) is 20.1 Å². The topological polar surface area (TPSA) is 81.4 Å². The van der Waals surface area contributed by atoms with E-state index in [-0.39, 0.29) is 12.2 Å². The number of carbonyl (C=O) groups excluding carboxylic acids is 1. The second kappa shape index (κ2) is 9.63. The van der Waals surface area contributed by atoms with E-state index in [1.807, 2.05) is 61.0 Å². The maximum Gasteiger partial charge on any atom is 0.162 e. The number of benzene rings is 2. The van der Waals surface area contributed by atoms with Crippen LogP contribution in [0.5, 0.6) is 5.75 Å². The van der Waals surface area contributed by atoms with Gasteiger partial charge in [-0.1, -0.05) is 23.7 Å². The summed E-state index contributed by atoms with van der Waals surface area (Å²) in [6, 6.07) is 13.0. The summed E-state index contributed by atoms with van der Waals surface area (Å²) in [5.74, 6) is 2.28. The van der Waals surface area contributed by atoms with Crippen molar-refractivity contribution in [2.24, 2.45) is 4.99 Å². The van der Waals surface area contributed by atoms with Crippen molar-refractivity contribution < 1.29 is 9.53 Å². The zero-order valence-corrected chi connectivity index (χ0v) is 19.2. The average molecular weight is 452 g/mol. The molecule has 1 aromatic heterocycles. The van der Waals surface area contributed by atoms with E-state index in [0.717, 1.165) is 47.1 Å². The number of nitrogens with zero attached hydrogens (tertiary/aromatic N) is 4. The Bertz CT molecular complexity index is 1150. The predicted molar refractivity (Wildman–Crippen MR) is 125 cm³/mol. The van der Waals surface area contributed by atoms with Gasteiger partial charge >= 0.3 is 0 Å². The third-order valence-corrected chi connectivity index (χ3v) is 5.81. The van der Waals surface area contributed by atoms with Crippen LogP contribution in [0.15, 0.2) is 47.5 Å². The van der Waals surface area contributed by atoms with Crippen molar-refractivity contribution in [3.05, 3.63) is 70.3 Å². The molecule has 7 nitrogen and oxygen atoms in total. The lowest BCUT2D eigenvalue weighted by Gasteiger charge is -2.14. The zero-order chi connectivity index (χ0) is 22.7. The Morgan fingerprint density at radius 3 is 2.69 bits per heavy atom. The van der Waals surface area contributed by atoms with Gasteiger partial charge in [0.05, 0.1) is 18.5 Å². The van der Waals surface area contributed by atoms with Crippen LogP contribution >= 0.6 is 11.6 Å². The van der Waals surface area contributed by atoms with Crippen LogP contribution in [0.3, 0.4) is 0 Å². The number of ether oxygens (including phenoxy) is 1. The number of rotatable bonds is 8. The number of ketones is 1. The van der Waals surface area contributed by atoms with Gasteiger partial charge in [0.2, 0.25) is 0 Å². The van der Waals surface area contributed by atoms with E-state index in [9.17, 15) is 4.79 Å². The fraction of sp³-hybridized carbons (Fsp3) is 0.333. The van der Waals surface area contributed by atoms with Crippen LogP contribution in [-0.2, 0) is 4.79 Å². The van der Waals surface area contributed by atoms with Crippen LogP contribution in [0.2, 0.25) is 5.02 Å².